The summed E-state index contributed by atoms with van der Waals surface area (Å²) < 4.78 is 38.7. The third-order valence-electron chi connectivity index (χ3n) is 2.19. The van der Waals surface area contributed by atoms with Crippen molar-refractivity contribution < 1.29 is 12.8 Å². The van der Waals surface area contributed by atoms with Gasteiger partial charge in [-0.05, 0) is 36.4 Å². The van der Waals surface area contributed by atoms with Gasteiger partial charge in [-0.15, -0.1) is 0 Å². The molecule has 1 heterocycles. The van der Waals surface area contributed by atoms with Gasteiger partial charge in [0.25, 0.3) is 0 Å². The molecular formula is C11H10FN3O2S. The van der Waals surface area contributed by atoms with Crippen LogP contribution in [0.15, 0.2) is 47.5 Å². The van der Waals surface area contributed by atoms with Crippen LogP contribution in [0.1, 0.15) is 5.69 Å². The van der Waals surface area contributed by atoms with Gasteiger partial charge in [-0.2, -0.15) is 10.2 Å². The third-order valence-corrected chi connectivity index (χ3v) is 3.61. The highest BCUT2D eigenvalue weighted by molar-refractivity contribution is 7.89. The van der Waals surface area contributed by atoms with Crippen LogP contribution in [0, 0.1) is 5.82 Å². The zero-order chi connectivity index (χ0) is 13.0. The van der Waals surface area contributed by atoms with Crippen LogP contribution in [0.5, 0.6) is 0 Å². The molecule has 0 saturated heterocycles. The van der Waals surface area contributed by atoms with E-state index in [1.54, 1.807) is 12.1 Å². The maximum absolute atomic E-state index is 12.7. The highest BCUT2D eigenvalue weighted by Crippen LogP contribution is 2.09. The number of halogens is 1. The molecule has 5 nitrogen and oxygen atoms in total. The minimum absolute atomic E-state index is 0.00721. The molecule has 0 aliphatic rings. The lowest BCUT2D eigenvalue weighted by atomic mass is 10.4. The largest absolute Gasteiger partial charge is 0.240 e. The average Bonchev–Trinajstić information content (AvgIpc) is 2.38. The SMILES string of the molecule is O=S(=O)(NCc1cccnn1)c1ccc(F)cc1. The lowest BCUT2D eigenvalue weighted by Gasteiger charge is -2.05. The van der Waals surface area contributed by atoms with E-state index in [0.29, 0.717) is 5.69 Å². The number of benzene rings is 1. The first-order chi connectivity index (χ1) is 8.58. The molecule has 0 saturated carbocycles. The van der Waals surface area contributed by atoms with Crippen LogP contribution >= 0.6 is 0 Å². The summed E-state index contributed by atoms with van der Waals surface area (Å²) in [5.74, 6) is -0.483. The number of hydrogen-bond acceptors (Lipinski definition) is 4. The predicted molar refractivity (Wildman–Crippen MR) is 62.5 cm³/mol. The number of rotatable bonds is 4. The molecular weight excluding hydrogens is 257 g/mol. The number of hydrogen-bond donors (Lipinski definition) is 1. The van der Waals surface area contributed by atoms with Crippen molar-refractivity contribution in [3.05, 3.63) is 54.1 Å². The Hall–Kier alpha value is -1.86. The molecule has 1 N–H and O–H groups in total. The minimum atomic E-state index is -3.66. The van der Waals surface area contributed by atoms with Gasteiger partial charge in [0.05, 0.1) is 17.1 Å². The predicted octanol–water partition coefficient (Wildman–Crippen LogP) is 1.09. The summed E-state index contributed by atoms with van der Waals surface area (Å²) in [5, 5.41) is 7.39. The Bertz CT molecular complexity index is 614. The van der Waals surface area contributed by atoms with Gasteiger partial charge in [-0.1, -0.05) is 0 Å². The summed E-state index contributed by atoms with van der Waals surface area (Å²) in [6.07, 6.45) is 1.50. The lowest BCUT2D eigenvalue weighted by Crippen LogP contribution is -2.23. The number of sulfonamides is 1. The van der Waals surface area contributed by atoms with Crippen molar-refractivity contribution in [2.45, 2.75) is 11.4 Å². The summed E-state index contributed by atoms with van der Waals surface area (Å²) >= 11 is 0. The van der Waals surface area contributed by atoms with Gasteiger partial charge in [-0.3, -0.25) is 0 Å². The van der Waals surface area contributed by atoms with Crippen molar-refractivity contribution in [1.82, 2.24) is 14.9 Å². The van der Waals surface area contributed by atoms with E-state index in [1.807, 2.05) is 0 Å². The van der Waals surface area contributed by atoms with Crippen molar-refractivity contribution >= 4 is 10.0 Å². The van der Waals surface area contributed by atoms with Gasteiger partial charge in [0.2, 0.25) is 10.0 Å². The van der Waals surface area contributed by atoms with Crippen molar-refractivity contribution in [2.75, 3.05) is 0 Å². The average molecular weight is 267 g/mol. The normalized spacial score (nSPS) is 11.4. The Morgan fingerprint density at radius 3 is 2.50 bits per heavy atom. The van der Waals surface area contributed by atoms with Crippen LogP contribution in [-0.4, -0.2) is 18.6 Å². The first-order valence-corrected chi connectivity index (χ1v) is 6.58. The van der Waals surface area contributed by atoms with Gasteiger partial charge >= 0.3 is 0 Å². The molecule has 0 amide bonds. The molecule has 1 aromatic carbocycles. The second-order valence-corrected chi connectivity index (χ2v) is 5.26. The summed E-state index contributed by atoms with van der Waals surface area (Å²) in [5.41, 5.74) is 0.503. The molecule has 2 rings (SSSR count). The van der Waals surface area contributed by atoms with Crippen LogP contribution < -0.4 is 4.72 Å². The van der Waals surface area contributed by atoms with E-state index in [1.165, 1.54) is 18.3 Å². The van der Waals surface area contributed by atoms with E-state index in [0.717, 1.165) is 12.1 Å². The number of nitrogens with one attached hydrogen (secondary N) is 1. The fraction of sp³-hybridized carbons (Fsp3) is 0.0909. The summed E-state index contributed by atoms with van der Waals surface area (Å²) in [6, 6.07) is 7.91. The molecule has 0 radical (unpaired) electrons. The van der Waals surface area contributed by atoms with E-state index >= 15 is 0 Å². The Balaban J connectivity index is 2.11. The van der Waals surface area contributed by atoms with E-state index in [-0.39, 0.29) is 11.4 Å². The molecule has 1 aromatic heterocycles. The molecule has 0 aliphatic heterocycles. The molecule has 0 unspecified atom stereocenters. The van der Waals surface area contributed by atoms with E-state index in [9.17, 15) is 12.8 Å². The minimum Gasteiger partial charge on any atom is -0.207 e. The lowest BCUT2D eigenvalue weighted by molar-refractivity contribution is 0.579. The van der Waals surface area contributed by atoms with Gasteiger partial charge in [-0.25, -0.2) is 17.5 Å². The second kappa shape index (κ2) is 5.19. The molecule has 2 aromatic rings. The van der Waals surface area contributed by atoms with Crippen molar-refractivity contribution in [3.63, 3.8) is 0 Å². The van der Waals surface area contributed by atoms with Crippen molar-refractivity contribution in [2.24, 2.45) is 0 Å². The zero-order valence-corrected chi connectivity index (χ0v) is 10.1. The van der Waals surface area contributed by atoms with E-state index < -0.39 is 15.8 Å². The van der Waals surface area contributed by atoms with Crippen LogP contribution in [-0.2, 0) is 16.6 Å². The highest BCUT2D eigenvalue weighted by atomic mass is 32.2. The molecule has 7 heteroatoms. The summed E-state index contributed by atoms with van der Waals surface area (Å²) in [6.45, 7) is 0.0353. The van der Waals surface area contributed by atoms with Gasteiger partial charge in [0.1, 0.15) is 5.82 Å². The maximum atomic E-state index is 12.7. The van der Waals surface area contributed by atoms with Crippen LogP contribution in [0.2, 0.25) is 0 Å². The van der Waals surface area contributed by atoms with Crippen LogP contribution in [0.25, 0.3) is 0 Å². The molecule has 0 aliphatic carbocycles. The molecule has 0 fully saturated rings. The fourth-order valence-electron chi connectivity index (χ4n) is 1.29. The van der Waals surface area contributed by atoms with Crippen LogP contribution in [0.3, 0.4) is 0 Å². The zero-order valence-electron chi connectivity index (χ0n) is 9.25. The first kappa shape index (κ1) is 12.6. The smallest absolute Gasteiger partial charge is 0.207 e. The van der Waals surface area contributed by atoms with Crippen molar-refractivity contribution in [1.29, 1.82) is 0 Å². The third kappa shape index (κ3) is 3.08. The standard InChI is InChI=1S/C11H10FN3O2S/c12-9-3-5-11(6-4-9)18(16,17)14-8-10-2-1-7-13-15-10/h1-7,14H,8H2. The summed E-state index contributed by atoms with van der Waals surface area (Å²) in [7, 11) is -3.66. The fourth-order valence-corrected chi connectivity index (χ4v) is 2.29. The Kier molecular flexibility index (Phi) is 3.63. The molecule has 0 bridgehead atoms. The van der Waals surface area contributed by atoms with Gasteiger partial charge in [0, 0.05) is 6.20 Å². The first-order valence-electron chi connectivity index (χ1n) is 5.10. The van der Waals surface area contributed by atoms with Gasteiger partial charge < -0.3 is 0 Å². The Labute approximate surface area is 104 Å². The molecule has 0 spiro atoms. The molecule has 0 atom stereocenters. The Morgan fingerprint density at radius 1 is 1.17 bits per heavy atom. The van der Waals surface area contributed by atoms with E-state index in [4.69, 9.17) is 0 Å². The highest BCUT2D eigenvalue weighted by Gasteiger charge is 2.13. The van der Waals surface area contributed by atoms with Gasteiger partial charge in [0.15, 0.2) is 0 Å². The maximum Gasteiger partial charge on any atom is 0.240 e. The van der Waals surface area contributed by atoms with Crippen molar-refractivity contribution in [3.8, 4) is 0 Å². The quantitative estimate of drug-likeness (QED) is 0.900. The topological polar surface area (TPSA) is 72.0 Å². The second-order valence-electron chi connectivity index (χ2n) is 3.49. The number of aromatic nitrogens is 2. The van der Waals surface area contributed by atoms with Crippen LogP contribution in [0.4, 0.5) is 4.39 Å². The molecule has 94 valence electrons. The molecule has 18 heavy (non-hydrogen) atoms. The monoisotopic (exact) mass is 267 g/mol. The summed E-state index contributed by atoms with van der Waals surface area (Å²) in [4.78, 5) is 0.00721. The van der Waals surface area contributed by atoms with E-state index in [2.05, 4.69) is 14.9 Å². The Morgan fingerprint density at radius 2 is 1.89 bits per heavy atom. The number of nitrogens with zero attached hydrogens (tertiary/aromatic N) is 2.